The summed E-state index contributed by atoms with van der Waals surface area (Å²) in [6.07, 6.45) is -4.31. The summed E-state index contributed by atoms with van der Waals surface area (Å²) in [7, 11) is -3.40. The first kappa shape index (κ1) is 34.1. The van der Waals surface area contributed by atoms with Crippen molar-refractivity contribution in [2.24, 2.45) is 0 Å². The molecular formula is C31H33F5N2O6S. The van der Waals surface area contributed by atoms with Crippen molar-refractivity contribution in [2.75, 3.05) is 30.4 Å². The Morgan fingerprint density at radius 3 is 2.22 bits per heavy atom. The maximum atomic E-state index is 13.0. The Morgan fingerprint density at radius 1 is 1.02 bits per heavy atom. The molecule has 1 heterocycles. The van der Waals surface area contributed by atoms with Gasteiger partial charge in [-0.2, -0.15) is 22.0 Å². The van der Waals surface area contributed by atoms with E-state index < -0.39 is 52.8 Å². The lowest BCUT2D eigenvalue weighted by Gasteiger charge is -2.26. The fraction of sp³-hybridized carbons (Fsp3) is 0.387. The molecule has 1 aliphatic heterocycles. The topological polar surface area (TPSA) is 105 Å². The van der Waals surface area contributed by atoms with Crippen molar-refractivity contribution in [2.45, 2.75) is 55.6 Å². The van der Waals surface area contributed by atoms with Crippen LogP contribution in [-0.2, 0) is 20.8 Å². The Labute approximate surface area is 257 Å². The molecule has 14 heteroatoms. The van der Waals surface area contributed by atoms with E-state index in [1.807, 2.05) is 4.90 Å². The van der Waals surface area contributed by atoms with E-state index in [1.54, 1.807) is 24.3 Å². The van der Waals surface area contributed by atoms with Crippen LogP contribution in [0.5, 0.6) is 5.75 Å². The summed E-state index contributed by atoms with van der Waals surface area (Å²) in [6.45, 7) is -1.74. The third-order valence-corrected chi connectivity index (χ3v) is 9.28. The second-order valence-corrected chi connectivity index (χ2v) is 12.7. The van der Waals surface area contributed by atoms with E-state index in [0.29, 0.717) is 24.2 Å². The third-order valence-electron chi connectivity index (χ3n) is 7.53. The molecular weight excluding hydrogens is 623 g/mol. The summed E-state index contributed by atoms with van der Waals surface area (Å²) in [5, 5.41) is 12.6. The maximum absolute atomic E-state index is 13.0. The average Bonchev–Trinajstić information content (AvgIpc) is 3.41. The third kappa shape index (κ3) is 8.92. The predicted molar refractivity (Wildman–Crippen MR) is 156 cm³/mol. The Bertz CT molecular complexity index is 1520. The highest BCUT2D eigenvalue weighted by Crippen LogP contribution is 2.33. The van der Waals surface area contributed by atoms with Gasteiger partial charge in [0.05, 0.1) is 42.0 Å². The molecule has 0 aromatic heterocycles. The van der Waals surface area contributed by atoms with Crippen LogP contribution < -0.4 is 15.0 Å². The number of nitrogens with zero attached hydrogens (tertiary/aromatic N) is 1. The lowest BCUT2D eigenvalue weighted by Crippen LogP contribution is -2.32. The molecule has 8 nitrogen and oxygen atoms in total. The lowest BCUT2D eigenvalue weighted by molar-refractivity contribution is -0.137. The SMILES string of the molecule is CCS(=O)(=O)c1ccc(C(CO)NC(=O)c2ccc(N3C[C@@H](Oc4ccc(C(F)(F)F)cc4)C[C@H]3CCOC(F)F)cc2)cc1. The number of amides is 1. The van der Waals surface area contributed by atoms with Gasteiger partial charge in [0.15, 0.2) is 9.84 Å². The predicted octanol–water partition coefficient (Wildman–Crippen LogP) is 5.62. The number of ether oxygens (including phenoxy) is 2. The van der Waals surface area contributed by atoms with E-state index in [2.05, 4.69) is 10.1 Å². The highest BCUT2D eigenvalue weighted by atomic mass is 32.2. The number of carbonyl (C=O) groups excluding carboxylic acids is 1. The van der Waals surface area contributed by atoms with Gasteiger partial charge in [0.25, 0.3) is 5.91 Å². The second-order valence-electron chi connectivity index (χ2n) is 10.5. The smallest absolute Gasteiger partial charge is 0.416 e. The van der Waals surface area contributed by atoms with E-state index in [4.69, 9.17) is 4.74 Å². The van der Waals surface area contributed by atoms with E-state index in [0.717, 1.165) is 12.1 Å². The molecule has 3 aromatic rings. The van der Waals surface area contributed by atoms with Crippen molar-refractivity contribution in [3.05, 3.63) is 89.5 Å². The number of aliphatic hydroxyl groups excluding tert-OH is 1. The van der Waals surface area contributed by atoms with Gasteiger partial charge in [0.2, 0.25) is 0 Å². The van der Waals surface area contributed by atoms with Crippen LogP contribution >= 0.6 is 0 Å². The minimum atomic E-state index is -4.48. The Balaban J connectivity index is 1.44. The van der Waals surface area contributed by atoms with Crippen LogP contribution in [0.25, 0.3) is 0 Å². The van der Waals surface area contributed by atoms with Gasteiger partial charge in [-0.1, -0.05) is 19.1 Å². The van der Waals surface area contributed by atoms with Crippen molar-refractivity contribution >= 4 is 21.4 Å². The summed E-state index contributed by atoms with van der Waals surface area (Å²) in [4.78, 5) is 15.0. The number of aliphatic hydroxyl groups is 1. The number of nitrogens with one attached hydrogen (secondary N) is 1. The molecule has 0 spiro atoms. The Kier molecular flexibility index (Phi) is 11.0. The molecule has 4 rings (SSSR count). The Hall–Kier alpha value is -3.75. The van der Waals surface area contributed by atoms with E-state index in [9.17, 15) is 40.3 Å². The molecule has 0 bridgehead atoms. The molecule has 1 aliphatic rings. The number of halogens is 5. The first-order valence-corrected chi connectivity index (χ1v) is 15.8. The molecule has 3 atom stereocenters. The van der Waals surface area contributed by atoms with Crippen molar-refractivity contribution < 1.29 is 49.7 Å². The monoisotopic (exact) mass is 656 g/mol. The highest BCUT2D eigenvalue weighted by molar-refractivity contribution is 7.91. The van der Waals surface area contributed by atoms with E-state index >= 15 is 0 Å². The molecule has 1 saturated heterocycles. The number of alkyl halides is 5. The fourth-order valence-electron chi connectivity index (χ4n) is 5.11. The number of benzene rings is 3. The summed E-state index contributed by atoms with van der Waals surface area (Å²) in [5.41, 5.74) is 0.650. The van der Waals surface area contributed by atoms with Crippen LogP contribution in [0.3, 0.4) is 0 Å². The van der Waals surface area contributed by atoms with Crippen LogP contribution in [0.4, 0.5) is 27.6 Å². The summed E-state index contributed by atoms with van der Waals surface area (Å²) < 4.78 is 98.5. The molecule has 2 N–H and O–H groups in total. The quantitative estimate of drug-likeness (QED) is 0.230. The zero-order chi connectivity index (χ0) is 32.8. The second kappa shape index (κ2) is 14.6. The standard InChI is InChI=1S/C31H33F5N2O6S/c1-2-45(41,42)27-13-5-20(6-14-27)28(19-39)37-29(40)21-3-9-23(10-4-21)38-18-26(17-24(38)15-16-43-30(32)33)44-25-11-7-22(8-12-25)31(34,35)36/h3-14,24,26,28,30,39H,2,15-19H2,1H3,(H,37,40)/t24-,26+,28?/m1/s1. The van der Waals surface area contributed by atoms with Gasteiger partial charge in [0.1, 0.15) is 11.9 Å². The molecule has 0 saturated carbocycles. The van der Waals surface area contributed by atoms with Gasteiger partial charge in [0, 0.05) is 23.7 Å². The van der Waals surface area contributed by atoms with E-state index in [-0.39, 0.29) is 41.0 Å². The van der Waals surface area contributed by atoms with Crippen LogP contribution in [0.1, 0.15) is 47.3 Å². The number of hydrogen-bond acceptors (Lipinski definition) is 7. The molecule has 1 unspecified atom stereocenters. The lowest BCUT2D eigenvalue weighted by atomic mass is 10.1. The number of carbonyl (C=O) groups is 1. The number of sulfone groups is 1. The molecule has 0 radical (unpaired) electrons. The minimum Gasteiger partial charge on any atom is -0.489 e. The summed E-state index contributed by atoms with van der Waals surface area (Å²) in [6, 6.07) is 15.6. The molecule has 1 amide bonds. The van der Waals surface area contributed by atoms with Gasteiger partial charge >= 0.3 is 12.8 Å². The van der Waals surface area contributed by atoms with Crippen LogP contribution in [0, 0.1) is 0 Å². The molecule has 244 valence electrons. The zero-order valence-electron chi connectivity index (χ0n) is 24.2. The van der Waals surface area contributed by atoms with Crippen LogP contribution in [0.15, 0.2) is 77.7 Å². The fourth-order valence-corrected chi connectivity index (χ4v) is 6.00. The molecule has 45 heavy (non-hydrogen) atoms. The van der Waals surface area contributed by atoms with Gasteiger partial charge in [-0.05, 0) is 72.6 Å². The van der Waals surface area contributed by atoms with Gasteiger partial charge in [-0.25, -0.2) is 8.42 Å². The minimum absolute atomic E-state index is 0.0585. The average molecular weight is 657 g/mol. The van der Waals surface area contributed by atoms with Crippen molar-refractivity contribution in [1.29, 1.82) is 0 Å². The number of anilines is 1. The van der Waals surface area contributed by atoms with Gasteiger partial charge in [-0.3, -0.25) is 4.79 Å². The van der Waals surface area contributed by atoms with Gasteiger partial charge in [-0.15, -0.1) is 0 Å². The van der Waals surface area contributed by atoms with Crippen molar-refractivity contribution in [3.63, 3.8) is 0 Å². The van der Waals surface area contributed by atoms with Crippen LogP contribution in [-0.4, -0.2) is 63.7 Å². The molecule has 1 fully saturated rings. The highest BCUT2D eigenvalue weighted by Gasteiger charge is 2.34. The first-order chi connectivity index (χ1) is 21.3. The van der Waals surface area contributed by atoms with Crippen molar-refractivity contribution in [1.82, 2.24) is 5.32 Å². The largest absolute Gasteiger partial charge is 0.489 e. The molecule has 3 aromatic carbocycles. The normalized spacial score (nSPS) is 17.8. The number of rotatable bonds is 13. The van der Waals surface area contributed by atoms with Crippen molar-refractivity contribution in [3.8, 4) is 5.75 Å². The van der Waals surface area contributed by atoms with Crippen LogP contribution in [0.2, 0.25) is 0 Å². The molecule has 0 aliphatic carbocycles. The number of hydrogen-bond donors (Lipinski definition) is 2. The summed E-state index contributed by atoms with van der Waals surface area (Å²) >= 11 is 0. The maximum Gasteiger partial charge on any atom is 0.416 e. The summed E-state index contributed by atoms with van der Waals surface area (Å²) in [5.74, 6) is -0.307. The Morgan fingerprint density at radius 2 is 1.67 bits per heavy atom. The zero-order valence-corrected chi connectivity index (χ0v) is 25.0. The van der Waals surface area contributed by atoms with Gasteiger partial charge < -0.3 is 24.8 Å². The van der Waals surface area contributed by atoms with E-state index in [1.165, 1.54) is 43.3 Å². The first-order valence-electron chi connectivity index (χ1n) is 14.2.